The molecule has 2 heterocycles. The zero-order valence-corrected chi connectivity index (χ0v) is 13.8. The third-order valence-corrected chi connectivity index (χ3v) is 3.48. The fourth-order valence-electron chi connectivity index (χ4n) is 2.33. The average molecular weight is 335 g/mol. The molecular weight excluding hydrogens is 318 g/mol. The highest BCUT2D eigenvalue weighted by Gasteiger charge is 2.21. The van der Waals surface area contributed by atoms with Crippen molar-refractivity contribution >= 4 is 5.91 Å². The molecule has 0 aliphatic heterocycles. The summed E-state index contributed by atoms with van der Waals surface area (Å²) in [4.78, 5) is 14.6. The SMILES string of the molecule is CCCN(CC#Cc1ccccc1)C(=O)c1cn[nH]c1-n1cnnn1. The van der Waals surface area contributed by atoms with Gasteiger partial charge in [0.15, 0.2) is 5.82 Å². The van der Waals surface area contributed by atoms with E-state index in [0.29, 0.717) is 24.5 Å². The number of carbonyl (C=O) groups excluding carboxylic acids is 1. The van der Waals surface area contributed by atoms with Crippen LogP contribution in [-0.2, 0) is 0 Å². The molecule has 0 atom stereocenters. The van der Waals surface area contributed by atoms with Crippen molar-refractivity contribution in [3.63, 3.8) is 0 Å². The minimum absolute atomic E-state index is 0.163. The Labute approximate surface area is 144 Å². The molecule has 0 aliphatic rings. The molecule has 1 N–H and O–H groups in total. The quantitative estimate of drug-likeness (QED) is 0.709. The Kier molecular flexibility index (Phi) is 5.16. The number of benzene rings is 1. The fraction of sp³-hybridized carbons (Fsp3) is 0.235. The zero-order chi connectivity index (χ0) is 17.5. The number of nitrogens with one attached hydrogen (secondary N) is 1. The van der Waals surface area contributed by atoms with Crippen LogP contribution in [0.2, 0.25) is 0 Å². The summed E-state index contributed by atoms with van der Waals surface area (Å²) < 4.78 is 1.38. The first-order chi connectivity index (χ1) is 12.3. The first-order valence-electron chi connectivity index (χ1n) is 7.89. The Morgan fingerprint density at radius 2 is 2.16 bits per heavy atom. The molecule has 1 amide bonds. The van der Waals surface area contributed by atoms with E-state index in [1.807, 2.05) is 37.3 Å². The molecule has 0 saturated carbocycles. The maximum Gasteiger partial charge on any atom is 0.260 e. The Bertz CT molecular complexity index is 875. The summed E-state index contributed by atoms with van der Waals surface area (Å²) in [5.41, 5.74) is 1.33. The largest absolute Gasteiger partial charge is 0.327 e. The maximum absolute atomic E-state index is 12.9. The van der Waals surface area contributed by atoms with Crippen LogP contribution in [-0.4, -0.2) is 54.3 Å². The lowest BCUT2D eigenvalue weighted by atomic mass is 10.2. The van der Waals surface area contributed by atoms with Gasteiger partial charge in [-0.3, -0.25) is 9.89 Å². The van der Waals surface area contributed by atoms with Crippen molar-refractivity contribution in [2.24, 2.45) is 0 Å². The monoisotopic (exact) mass is 335 g/mol. The Balaban J connectivity index is 1.78. The molecule has 25 heavy (non-hydrogen) atoms. The van der Waals surface area contributed by atoms with Gasteiger partial charge in [-0.15, -0.1) is 5.10 Å². The molecule has 126 valence electrons. The van der Waals surface area contributed by atoms with Crippen LogP contribution in [0.25, 0.3) is 5.82 Å². The third kappa shape index (κ3) is 3.90. The predicted octanol–water partition coefficient (Wildman–Crippen LogP) is 1.29. The van der Waals surface area contributed by atoms with Gasteiger partial charge in [0.25, 0.3) is 5.91 Å². The number of hydrogen-bond donors (Lipinski definition) is 1. The second-order valence-electron chi connectivity index (χ2n) is 5.28. The molecule has 2 aromatic heterocycles. The van der Waals surface area contributed by atoms with Crippen molar-refractivity contribution in [2.75, 3.05) is 13.1 Å². The Morgan fingerprint density at radius 3 is 2.88 bits per heavy atom. The van der Waals surface area contributed by atoms with E-state index >= 15 is 0 Å². The zero-order valence-electron chi connectivity index (χ0n) is 13.8. The third-order valence-electron chi connectivity index (χ3n) is 3.48. The van der Waals surface area contributed by atoms with Crippen LogP contribution < -0.4 is 0 Å². The van der Waals surface area contributed by atoms with Crippen LogP contribution in [0.4, 0.5) is 0 Å². The van der Waals surface area contributed by atoms with E-state index in [1.165, 1.54) is 17.2 Å². The highest BCUT2D eigenvalue weighted by Crippen LogP contribution is 2.12. The van der Waals surface area contributed by atoms with Gasteiger partial charge in [0, 0.05) is 12.1 Å². The van der Waals surface area contributed by atoms with Gasteiger partial charge in [-0.05, 0) is 29.0 Å². The molecular formula is C17H17N7O. The first-order valence-corrected chi connectivity index (χ1v) is 7.89. The second-order valence-corrected chi connectivity index (χ2v) is 5.28. The minimum atomic E-state index is -0.163. The van der Waals surface area contributed by atoms with Crippen LogP contribution in [0.15, 0.2) is 42.9 Å². The number of aromatic nitrogens is 6. The molecule has 8 heteroatoms. The van der Waals surface area contributed by atoms with Gasteiger partial charge in [-0.2, -0.15) is 9.78 Å². The molecule has 8 nitrogen and oxygen atoms in total. The van der Waals surface area contributed by atoms with E-state index in [0.717, 1.165) is 12.0 Å². The molecule has 0 bridgehead atoms. The summed E-state index contributed by atoms with van der Waals surface area (Å²) in [6.07, 6.45) is 3.72. The van der Waals surface area contributed by atoms with Gasteiger partial charge in [-0.1, -0.05) is 37.0 Å². The summed E-state index contributed by atoms with van der Waals surface area (Å²) in [7, 11) is 0. The lowest BCUT2D eigenvalue weighted by molar-refractivity contribution is 0.0776. The maximum atomic E-state index is 12.9. The predicted molar refractivity (Wildman–Crippen MR) is 90.8 cm³/mol. The average Bonchev–Trinajstić information content (AvgIpc) is 3.32. The normalized spacial score (nSPS) is 10.1. The molecule has 0 unspecified atom stereocenters. The summed E-state index contributed by atoms with van der Waals surface area (Å²) in [5, 5.41) is 17.7. The lowest BCUT2D eigenvalue weighted by Crippen LogP contribution is -2.32. The van der Waals surface area contributed by atoms with Gasteiger partial charge in [0.05, 0.1) is 12.7 Å². The van der Waals surface area contributed by atoms with Crippen molar-refractivity contribution in [1.82, 2.24) is 35.3 Å². The summed E-state index contributed by atoms with van der Waals surface area (Å²) in [5.74, 6) is 6.41. The molecule has 0 saturated heterocycles. The standard InChI is InChI=1S/C17H17N7O/c1-2-10-23(11-6-9-14-7-4-3-5-8-14)17(25)15-12-18-20-16(15)24-13-19-21-22-24/h3-5,7-8,12-13H,2,10-11H2,1H3,(H,18,20). The highest BCUT2D eigenvalue weighted by molar-refractivity contribution is 5.97. The molecule has 0 fully saturated rings. The minimum Gasteiger partial charge on any atom is -0.327 e. The number of rotatable bonds is 5. The van der Waals surface area contributed by atoms with E-state index in [9.17, 15) is 4.79 Å². The molecule has 3 rings (SSSR count). The topological polar surface area (TPSA) is 92.6 Å². The second kappa shape index (κ2) is 7.88. The van der Waals surface area contributed by atoms with Crippen molar-refractivity contribution in [3.8, 4) is 17.7 Å². The van der Waals surface area contributed by atoms with Crippen LogP contribution in [0.1, 0.15) is 29.3 Å². The molecule has 3 aromatic rings. The fourth-order valence-corrected chi connectivity index (χ4v) is 2.33. The van der Waals surface area contributed by atoms with Crippen LogP contribution in [0.5, 0.6) is 0 Å². The van der Waals surface area contributed by atoms with E-state index in [2.05, 4.69) is 37.6 Å². The summed E-state index contributed by atoms with van der Waals surface area (Å²) >= 11 is 0. The molecule has 1 aromatic carbocycles. The number of aromatic amines is 1. The van der Waals surface area contributed by atoms with Gasteiger partial charge in [0.1, 0.15) is 11.9 Å². The van der Waals surface area contributed by atoms with E-state index in [1.54, 1.807) is 4.90 Å². The van der Waals surface area contributed by atoms with Crippen molar-refractivity contribution in [3.05, 3.63) is 54.0 Å². The van der Waals surface area contributed by atoms with E-state index in [4.69, 9.17) is 0 Å². The summed E-state index contributed by atoms with van der Waals surface area (Å²) in [6, 6.07) is 9.68. The van der Waals surface area contributed by atoms with E-state index < -0.39 is 0 Å². The molecule has 0 spiro atoms. The van der Waals surface area contributed by atoms with Crippen LogP contribution >= 0.6 is 0 Å². The Hall–Kier alpha value is -3.47. The van der Waals surface area contributed by atoms with Gasteiger partial charge in [-0.25, -0.2) is 0 Å². The molecule has 0 aliphatic carbocycles. The van der Waals surface area contributed by atoms with Crippen molar-refractivity contribution in [2.45, 2.75) is 13.3 Å². The van der Waals surface area contributed by atoms with Crippen molar-refractivity contribution < 1.29 is 4.79 Å². The van der Waals surface area contributed by atoms with Crippen molar-refractivity contribution in [1.29, 1.82) is 0 Å². The van der Waals surface area contributed by atoms with E-state index in [-0.39, 0.29) is 5.91 Å². The van der Waals surface area contributed by atoms with Crippen LogP contribution in [0, 0.1) is 11.8 Å². The number of carbonyl (C=O) groups is 1. The number of H-pyrrole nitrogens is 1. The van der Waals surface area contributed by atoms with Gasteiger partial charge < -0.3 is 4.90 Å². The van der Waals surface area contributed by atoms with Gasteiger partial charge in [0.2, 0.25) is 0 Å². The number of amides is 1. The summed E-state index contributed by atoms with van der Waals surface area (Å²) in [6.45, 7) is 2.95. The molecule has 0 radical (unpaired) electrons. The van der Waals surface area contributed by atoms with Gasteiger partial charge >= 0.3 is 0 Å². The highest BCUT2D eigenvalue weighted by atomic mass is 16.2. The number of nitrogens with zero attached hydrogens (tertiary/aromatic N) is 6. The Morgan fingerprint density at radius 1 is 1.32 bits per heavy atom. The first kappa shape index (κ1) is 16.4. The number of hydrogen-bond acceptors (Lipinski definition) is 5. The van der Waals surface area contributed by atoms with Crippen LogP contribution in [0.3, 0.4) is 0 Å². The number of tetrazole rings is 1. The smallest absolute Gasteiger partial charge is 0.260 e. The lowest BCUT2D eigenvalue weighted by Gasteiger charge is -2.19.